The van der Waals surface area contributed by atoms with Crippen LogP contribution in [0.15, 0.2) is 0 Å². The standard InChI is InChI=1S/C11H18O5/c1-5-15-7-10(14)11(8(3)12,9(4)13)16-6-2/h5-7H2,1-4H3. The fourth-order valence-corrected chi connectivity index (χ4v) is 1.44. The Labute approximate surface area is 95.1 Å². The molecule has 0 saturated heterocycles. The number of carbonyl (C=O) groups excluding carboxylic acids is 3. The Bertz CT molecular complexity index is 268. The molecule has 0 rings (SSSR count). The van der Waals surface area contributed by atoms with E-state index in [1.54, 1.807) is 13.8 Å². The van der Waals surface area contributed by atoms with Gasteiger partial charge in [0.1, 0.15) is 6.61 Å². The molecule has 0 aromatic heterocycles. The van der Waals surface area contributed by atoms with Crippen molar-refractivity contribution in [1.82, 2.24) is 0 Å². The second-order valence-electron chi connectivity index (χ2n) is 3.29. The molecular weight excluding hydrogens is 212 g/mol. The quantitative estimate of drug-likeness (QED) is 0.569. The Balaban J connectivity index is 5.09. The van der Waals surface area contributed by atoms with Crippen LogP contribution >= 0.6 is 0 Å². The van der Waals surface area contributed by atoms with E-state index in [-0.39, 0.29) is 13.2 Å². The van der Waals surface area contributed by atoms with E-state index in [0.717, 1.165) is 0 Å². The van der Waals surface area contributed by atoms with E-state index in [2.05, 4.69) is 0 Å². The summed E-state index contributed by atoms with van der Waals surface area (Å²) in [6.45, 7) is 5.82. The average Bonchev–Trinajstić information content (AvgIpc) is 2.21. The molecule has 0 bridgehead atoms. The molecule has 0 aliphatic rings. The van der Waals surface area contributed by atoms with E-state index in [0.29, 0.717) is 6.61 Å². The van der Waals surface area contributed by atoms with Gasteiger partial charge >= 0.3 is 0 Å². The van der Waals surface area contributed by atoms with Gasteiger partial charge < -0.3 is 9.47 Å². The zero-order valence-electron chi connectivity index (χ0n) is 10.2. The third-order valence-corrected chi connectivity index (χ3v) is 2.18. The van der Waals surface area contributed by atoms with E-state index < -0.39 is 23.0 Å². The molecule has 0 unspecified atom stereocenters. The summed E-state index contributed by atoms with van der Waals surface area (Å²) in [6.07, 6.45) is 0. The largest absolute Gasteiger partial charge is 0.374 e. The normalized spacial score (nSPS) is 11.2. The smallest absolute Gasteiger partial charge is 0.244 e. The van der Waals surface area contributed by atoms with Gasteiger partial charge in [0.2, 0.25) is 11.4 Å². The lowest BCUT2D eigenvalue weighted by Gasteiger charge is -2.26. The van der Waals surface area contributed by atoms with Crippen LogP contribution in [0, 0.1) is 0 Å². The van der Waals surface area contributed by atoms with Crippen LogP contribution in [0.5, 0.6) is 0 Å². The Morgan fingerprint density at radius 2 is 1.50 bits per heavy atom. The SMILES string of the molecule is CCOCC(=O)C(OCC)(C(C)=O)C(C)=O. The van der Waals surface area contributed by atoms with Crippen LogP contribution in [0.3, 0.4) is 0 Å². The van der Waals surface area contributed by atoms with E-state index in [1.807, 2.05) is 0 Å². The first-order valence-electron chi connectivity index (χ1n) is 5.20. The monoisotopic (exact) mass is 230 g/mol. The van der Waals surface area contributed by atoms with Crippen LogP contribution in [0.1, 0.15) is 27.7 Å². The molecule has 5 nitrogen and oxygen atoms in total. The van der Waals surface area contributed by atoms with Gasteiger partial charge in [-0.2, -0.15) is 0 Å². The zero-order chi connectivity index (χ0) is 12.8. The first kappa shape index (κ1) is 14.9. The minimum atomic E-state index is -1.98. The highest BCUT2D eigenvalue weighted by Crippen LogP contribution is 2.16. The van der Waals surface area contributed by atoms with E-state index >= 15 is 0 Å². The minimum Gasteiger partial charge on any atom is -0.374 e. The van der Waals surface area contributed by atoms with Crippen molar-refractivity contribution >= 4 is 17.3 Å². The Morgan fingerprint density at radius 3 is 1.81 bits per heavy atom. The predicted octanol–water partition coefficient (Wildman–Crippen LogP) is 0.545. The fourth-order valence-electron chi connectivity index (χ4n) is 1.44. The van der Waals surface area contributed by atoms with Gasteiger partial charge in [-0.25, -0.2) is 0 Å². The van der Waals surface area contributed by atoms with Crippen molar-refractivity contribution in [3.63, 3.8) is 0 Å². The molecule has 0 aliphatic carbocycles. The van der Waals surface area contributed by atoms with Gasteiger partial charge in [-0.1, -0.05) is 0 Å². The van der Waals surface area contributed by atoms with Gasteiger partial charge in [0.25, 0.3) is 0 Å². The molecule has 0 amide bonds. The number of ketones is 3. The molecule has 0 spiro atoms. The molecular formula is C11H18O5. The maximum atomic E-state index is 11.8. The third kappa shape index (κ3) is 2.96. The summed E-state index contributed by atoms with van der Waals surface area (Å²) in [5, 5.41) is 0. The molecule has 5 heteroatoms. The molecule has 0 aromatic carbocycles. The molecule has 0 N–H and O–H groups in total. The van der Waals surface area contributed by atoms with Crippen LogP contribution in [0.25, 0.3) is 0 Å². The predicted molar refractivity (Wildman–Crippen MR) is 57.2 cm³/mol. The van der Waals surface area contributed by atoms with Crippen molar-refractivity contribution in [2.75, 3.05) is 19.8 Å². The van der Waals surface area contributed by atoms with E-state index in [9.17, 15) is 14.4 Å². The van der Waals surface area contributed by atoms with Crippen molar-refractivity contribution in [3.05, 3.63) is 0 Å². The summed E-state index contributed by atoms with van der Waals surface area (Å²) in [7, 11) is 0. The first-order chi connectivity index (χ1) is 7.43. The molecule has 0 fully saturated rings. The lowest BCUT2D eigenvalue weighted by molar-refractivity contribution is -0.165. The molecule has 92 valence electrons. The lowest BCUT2D eigenvalue weighted by Crippen LogP contribution is -2.55. The fraction of sp³-hybridized carbons (Fsp3) is 0.727. The van der Waals surface area contributed by atoms with Gasteiger partial charge in [-0.15, -0.1) is 0 Å². The minimum absolute atomic E-state index is 0.108. The maximum Gasteiger partial charge on any atom is 0.244 e. The second kappa shape index (κ2) is 6.50. The molecule has 0 aromatic rings. The van der Waals surface area contributed by atoms with Crippen LogP contribution < -0.4 is 0 Å². The highest BCUT2D eigenvalue weighted by atomic mass is 16.5. The van der Waals surface area contributed by atoms with Crippen LogP contribution in [0.2, 0.25) is 0 Å². The van der Waals surface area contributed by atoms with Gasteiger partial charge in [0.05, 0.1) is 0 Å². The van der Waals surface area contributed by atoms with Crippen LogP contribution in [-0.2, 0) is 23.9 Å². The Kier molecular flexibility index (Phi) is 6.06. The Hall–Kier alpha value is -1.07. The Morgan fingerprint density at radius 1 is 1.00 bits per heavy atom. The molecule has 16 heavy (non-hydrogen) atoms. The van der Waals surface area contributed by atoms with Crippen molar-refractivity contribution in [1.29, 1.82) is 0 Å². The van der Waals surface area contributed by atoms with Crippen LogP contribution in [-0.4, -0.2) is 42.8 Å². The molecule has 0 saturated carbocycles. The molecule has 0 aliphatic heterocycles. The van der Waals surface area contributed by atoms with Crippen molar-refractivity contribution < 1.29 is 23.9 Å². The number of rotatable bonds is 8. The van der Waals surface area contributed by atoms with Crippen molar-refractivity contribution in [2.45, 2.75) is 33.3 Å². The second-order valence-corrected chi connectivity index (χ2v) is 3.29. The third-order valence-electron chi connectivity index (χ3n) is 2.18. The summed E-state index contributed by atoms with van der Waals surface area (Å²) in [4.78, 5) is 34.8. The van der Waals surface area contributed by atoms with Crippen LogP contribution in [0.4, 0.5) is 0 Å². The summed E-state index contributed by atoms with van der Waals surface area (Å²) in [5.41, 5.74) is -1.98. The highest BCUT2D eigenvalue weighted by Gasteiger charge is 2.48. The van der Waals surface area contributed by atoms with Gasteiger partial charge in [-0.3, -0.25) is 14.4 Å². The summed E-state index contributed by atoms with van der Waals surface area (Å²) < 4.78 is 10.00. The molecule has 0 heterocycles. The van der Waals surface area contributed by atoms with Gasteiger partial charge in [-0.05, 0) is 27.7 Å². The van der Waals surface area contributed by atoms with E-state index in [1.165, 1.54) is 13.8 Å². The maximum absolute atomic E-state index is 11.8. The number of ether oxygens (including phenoxy) is 2. The highest BCUT2D eigenvalue weighted by molar-refractivity contribution is 6.27. The topological polar surface area (TPSA) is 69.7 Å². The number of carbonyl (C=O) groups is 3. The summed E-state index contributed by atoms with van der Waals surface area (Å²) in [6, 6.07) is 0. The van der Waals surface area contributed by atoms with Gasteiger partial charge in [0, 0.05) is 13.2 Å². The zero-order valence-corrected chi connectivity index (χ0v) is 10.2. The molecule has 0 atom stereocenters. The average molecular weight is 230 g/mol. The first-order valence-corrected chi connectivity index (χ1v) is 5.20. The van der Waals surface area contributed by atoms with E-state index in [4.69, 9.17) is 9.47 Å². The number of hydrogen-bond acceptors (Lipinski definition) is 5. The lowest BCUT2D eigenvalue weighted by atomic mass is 9.89. The summed E-state index contributed by atoms with van der Waals surface area (Å²) >= 11 is 0. The number of Topliss-reactive ketones (excluding diaryl/α,β-unsaturated/α-hetero) is 3. The number of hydrogen-bond donors (Lipinski definition) is 0. The summed E-state index contributed by atoms with van der Waals surface area (Å²) in [5.74, 6) is -1.85. The van der Waals surface area contributed by atoms with Crippen molar-refractivity contribution in [2.24, 2.45) is 0 Å². The van der Waals surface area contributed by atoms with Gasteiger partial charge in [0.15, 0.2) is 11.6 Å². The molecule has 0 radical (unpaired) electrons. The van der Waals surface area contributed by atoms with Crippen molar-refractivity contribution in [3.8, 4) is 0 Å².